The molecule has 4 heteroatoms. The molecule has 0 radical (unpaired) electrons. The van der Waals surface area contributed by atoms with Gasteiger partial charge in [0.05, 0.1) is 0 Å². The Morgan fingerprint density at radius 2 is 1.33 bits per heavy atom. The number of hydrogen-bond acceptors (Lipinski definition) is 2. The summed E-state index contributed by atoms with van der Waals surface area (Å²) < 4.78 is 11.0. The van der Waals surface area contributed by atoms with Crippen LogP contribution in [-0.2, 0) is 6.20 Å². The molecular weight excluding hydrogens is 234 g/mol. The van der Waals surface area contributed by atoms with Gasteiger partial charge in [0.1, 0.15) is 0 Å². The maximum absolute atomic E-state index is 5.51. The van der Waals surface area contributed by atoms with Crippen LogP contribution in [0.25, 0.3) is 0 Å². The van der Waals surface area contributed by atoms with Gasteiger partial charge in [-0.05, 0) is 0 Å². The molecule has 60 valence electrons. The molecule has 3 nitrogen and oxygen atoms in total. The van der Waals surface area contributed by atoms with Crippen molar-refractivity contribution in [1.82, 2.24) is 6.15 Å². The van der Waals surface area contributed by atoms with Gasteiger partial charge < -0.3 is 6.15 Å². The van der Waals surface area contributed by atoms with Crippen molar-refractivity contribution in [3.8, 4) is 0 Å². The van der Waals surface area contributed by atoms with E-state index in [4.69, 9.17) is 6.20 Å². The van der Waals surface area contributed by atoms with Crippen molar-refractivity contribution in [2.45, 2.75) is 14.9 Å². The first-order valence-electron chi connectivity index (χ1n) is 2.78. The smallest absolute Gasteiger partial charge is 0.369 e. The minimum atomic E-state index is -2.69. The summed E-state index contributed by atoms with van der Waals surface area (Å²) in [4.78, 5) is 6.42. The third kappa shape index (κ3) is 2.83. The maximum Gasteiger partial charge on any atom is -0.369 e. The van der Waals surface area contributed by atoms with Crippen molar-refractivity contribution >= 4 is 17.6 Å². The minimum Gasteiger partial charge on any atom is -0.369 e. The zero-order valence-electron chi connectivity index (χ0n) is 6.68. The second-order valence-corrected chi connectivity index (χ2v) is 19.0. The van der Waals surface area contributed by atoms with Crippen LogP contribution >= 0.6 is 0 Å². The van der Waals surface area contributed by atoms with E-state index in [1.165, 1.54) is 0 Å². The van der Waals surface area contributed by atoms with Crippen LogP contribution in [0.4, 0.5) is 0 Å². The van der Waals surface area contributed by atoms with E-state index in [0.29, 0.717) is 0 Å². The molecule has 1 saturated heterocycles. The van der Waals surface area contributed by atoms with Crippen molar-refractivity contribution in [3.05, 3.63) is 0 Å². The zero-order valence-corrected chi connectivity index (χ0v) is 9.23. The third-order valence-corrected chi connectivity index (χ3v) is 7.21. The SMILES string of the molecule is C[TeH]1(C)(C)OCCO1.[NH4+]. The first-order valence-corrected chi connectivity index (χ1v) is 12.5. The van der Waals surface area contributed by atoms with E-state index in [2.05, 4.69) is 14.9 Å². The van der Waals surface area contributed by atoms with Crippen LogP contribution in [0.3, 0.4) is 0 Å². The van der Waals surface area contributed by atoms with E-state index in [9.17, 15) is 0 Å². The zero-order chi connectivity index (χ0) is 6.28. The summed E-state index contributed by atoms with van der Waals surface area (Å²) in [5.41, 5.74) is 0. The molecule has 0 aromatic rings. The minimum absolute atomic E-state index is 0. The summed E-state index contributed by atoms with van der Waals surface area (Å²) in [7, 11) is 0. The van der Waals surface area contributed by atoms with Crippen molar-refractivity contribution < 1.29 is 6.20 Å². The summed E-state index contributed by atoms with van der Waals surface area (Å²) in [6.07, 6.45) is 0. The van der Waals surface area contributed by atoms with Gasteiger partial charge in [0.15, 0.2) is 0 Å². The molecular formula is C5H18NO2Te+. The fourth-order valence-electron chi connectivity index (χ4n) is 0.734. The van der Waals surface area contributed by atoms with Crippen LogP contribution in [0.1, 0.15) is 0 Å². The van der Waals surface area contributed by atoms with E-state index < -0.39 is 17.6 Å². The van der Waals surface area contributed by atoms with E-state index >= 15 is 0 Å². The fourth-order valence-corrected chi connectivity index (χ4v) is 4.92. The molecule has 4 N–H and O–H groups in total. The molecule has 0 aromatic heterocycles. The van der Waals surface area contributed by atoms with Crippen LogP contribution in [0.15, 0.2) is 0 Å². The molecule has 0 aliphatic carbocycles. The van der Waals surface area contributed by atoms with E-state index in [1.54, 1.807) is 0 Å². The standard InChI is InChI=1S/C5H14O2Te.H3N/c1-8(2,3)6-4-5-7-8;/h8H,4-5H2,1-3H3;1H3/p+1. The number of quaternary nitrogens is 1. The van der Waals surface area contributed by atoms with Crippen molar-refractivity contribution in [2.24, 2.45) is 0 Å². The molecule has 1 rings (SSSR count). The van der Waals surface area contributed by atoms with E-state index in [-0.39, 0.29) is 6.15 Å². The summed E-state index contributed by atoms with van der Waals surface area (Å²) in [5.74, 6) is 0. The van der Waals surface area contributed by atoms with Gasteiger partial charge in [0.25, 0.3) is 0 Å². The molecule has 0 spiro atoms. The Hall–Kier alpha value is 0.670. The van der Waals surface area contributed by atoms with Gasteiger partial charge in [-0.2, -0.15) is 0 Å². The van der Waals surface area contributed by atoms with E-state index in [0.717, 1.165) is 13.2 Å². The average molecular weight is 252 g/mol. The molecule has 0 bridgehead atoms. The molecule has 0 aromatic carbocycles. The predicted molar refractivity (Wildman–Crippen MR) is 42.6 cm³/mol. The average Bonchev–Trinajstić information content (AvgIpc) is 1.81. The first kappa shape index (κ1) is 9.67. The number of hydrogen-bond donors (Lipinski definition) is 1. The molecule has 0 saturated carbocycles. The molecule has 0 unspecified atom stereocenters. The van der Waals surface area contributed by atoms with Crippen LogP contribution in [0, 0.1) is 0 Å². The van der Waals surface area contributed by atoms with Crippen molar-refractivity contribution in [2.75, 3.05) is 13.2 Å². The summed E-state index contributed by atoms with van der Waals surface area (Å²) in [5, 5.41) is 0. The second kappa shape index (κ2) is 2.37. The van der Waals surface area contributed by atoms with Crippen LogP contribution in [0.5, 0.6) is 0 Å². The first-order chi connectivity index (χ1) is 3.47. The van der Waals surface area contributed by atoms with E-state index in [1.807, 2.05) is 0 Å². The quantitative estimate of drug-likeness (QED) is 0.663. The summed E-state index contributed by atoms with van der Waals surface area (Å²) in [6, 6.07) is 0. The molecule has 1 aliphatic rings. The Bertz CT molecular complexity index is 97.3. The summed E-state index contributed by atoms with van der Waals surface area (Å²) in [6.45, 7) is 1.62. The molecule has 0 amide bonds. The Kier molecular flexibility index (Phi) is 2.55. The Balaban J connectivity index is 0.000000640. The fraction of sp³-hybridized carbons (Fsp3) is 1.00. The molecule has 1 heterocycles. The molecule has 1 aliphatic heterocycles. The Labute approximate surface area is 58.4 Å². The number of rotatable bonds is 0. The van der Waals surface area contributed by atoms with Crippen LogP contribution < -0.4 is 6.15 Å². The normalized spacial score (nSPS) is 33.9. The molecule has 1 fully saturated rings. The van der Waals surface area contributed by atoms with Gasteiger partial charge >= 0.3 is 52.0 Å². The monoisotopic (exact) mass is 254 g/mol. The topological polar surface area (TPSA) is 55.0 Å². The third-order valence-electron chi connectivity index (χ3n) is 1.15. The predicted octanol–water partition coefficient (Wildman–Crippen LogP) is 1.43. The van der Waals surface area contributed by atoms with Crippen LogP contribution in [0.2, 0.25) is 14.9 Å². The van der Waals surface area contributed by atoms with Crippen molar-refractivity contribution in [3.63, 3.8) is 0 Å². The molecule has 0 atom stereocenters. The van der Waals surface area contributed by atoms with Gasteiger partial charge in [-0.15, -0.1) is 0 Å². The van der Waals surface area contributed by atoms with Gasteiger partial charge in [0, 0.05) is 0 Å². The Morgan fingerprint density at radius 3 is 1.44 bits per heavy atom. The van der Waals surface area contributed by atoms with Gasteiger partial charge in [-0.3, -0.25) is 0 Å². The maximum atomic E-state index is 5.51. The van der Waals surface area contributed by atoms with Gasteiger partial charge in [-0.25, -0.2) is 0 Å². The van der Waals surface area contributed by atoms with Gasteiger partial charge in [-0.1, -0.05) is 0 Å². The van der Waals surface area contributed by atoms with Gasteiger partial charge in [0.2, 0.25) is 0 Å². The second-order valence-electron chi connectivity index (χ2n) is 3.18. The van der Waals surface area contributed by atoms with Crippen molar-refractivity contribution in [1.29, 1.82) is 0 Å². The largest absolute Gasteiger partial charge is 0.369 e. The Morgan fingerprint density at radius 1 is 1.00 bits per heavy atom. The summed E-state index contributed by atoms with van der Waals surface area (Å²) >= 11 is -2.69. The van der Waals surface area contributed by atoms with Crippen LogP contribution in [-0.4, -0.2) is 30.8 Å². The molecule has 9 heavy (non-hydrogen) atoms.